The molecule has 0 aliphatic carbocycles. The summed E-state index contributed by atoms with van der Waals surface area (Å²) in [4.78, 5) is 15.1. The number of benzene rings is 1. The summed E-state index contributed by atoms with van der Waals surface area (Å²) in [5.41, 5.74) is 6.48. The van der Waals surface area contributed by atoms with Gasteiger partial charge in [0, 0.05) is 34.1 Å². The quantitative estimate of drug-likeness (QED) is 0.912. The Kier molecular flexibility index (Phi) is 4.12. The van der Waals surface area contributed by atoms with E-state index in [0.717, 1.165) is 20.8 Å². The van der Waals surface area contributed by atoms with Crippen LogP contribution in [-0.2, 0) is 4.79 Å². The first-order chi connectivity index (χ1) is 8.13. The molecule has 1 aromatic rings. The van der Waals surface area contributed by atoms with Crippen LogP contribution >= 0.6 is 27.7 Å². The van der Waals surface area contributed by atoms with Crippen LogP contribution in [0.2, 0.25) is 0 Å². The Labute approximate surface area is 114 Å². The molecule has 1 aliphatic heterocycles. The summed E-state index contributed by atoms with van der Waals surface area (Å²) in [5.74, 6) is 1.05. The molecule has 1 amide bonds. The van der Waals surface area contributed by atoms with Crippen LogP contribution in [0.3, 0.4) is 0 Å². The predicted octanol–water partition coefficient (Wildman–Crippen LogP) is 2.63. The number of carbonyl (C=O) groups is 1. The van der Waals surface area contributed by atoms with E-state index in [4.69, 9.17) is 5.73 Å². The fourth-order valence-electron chi connectivity index (χ4n) is 1.95. The van der Waals surface area contributed by atoms with Crippen LogP contribution in [-0.4, -0.2) is 24.2 Å². The molecule has 1 unspecified atom stereocenters. The van der Waals surface area contributed by atoms with Crippen molar-refractivity contribution in [3.63, 3.8) is 0 Å². The molecule has 0 bridgehead atoms. The van der Waals surface area contributed by atoms with Gasteiger partial charge in [0.25, 0.3) is 0 Å². The molecular weight excluding hydrogens is 300 g/mol. The highest BCUT2D eigenvalue weighted by molar-refractivity contribution is 9.10. The second-order valence-electron chi connectivity index (χ2n) is 4.07. The largest absolute Gasteiger partial charge is 0.330 e. The molecule has 0 saturated carbocycles. The molecule has 5 heteroatoms. The molecule has 1 atom stereocenters. The molecule has 1 heterocycles. The highest BCUT2D eigenvalue weighted by Gasteiger charge is 2.28. The number of nitrogens with zero attached hydrogens (tertiary/aromatic N) is 1. The Morgan fingerprint density at radius 3 is 3.12 bits per heavy atom. The van der Waals surface area contributed by atoms with Crippen molar-refractivity contribution in [3.05, 3.63) is 22.7 Å². The van der Waals surface area contributed by atoms with Crippen LogP contribution in [0.1, 0.15) is 13.3 Å². The van der Waals surface area contributed by atoms with E-state index in [2.05, 4.69) is 28.9 Å². The third kappa shape index (κ3) is 2.67. The second kappa shape index (κ2) is 5.42. The van der Waals surface area contributed by atoms with Gasteiger partial charge in [-0.15, -0.1) is 11.8 Å². The normalized spacial score (nSPS) is 19.0. The van der Waals surface area contributed by atoms with Gasteiger partial charge in [-0.05, 0) is 25.1 Å². The molecule has 2 N–H and O–H groups in total. The summed E-state index contributed by atoms with van der Waals surface area (Å²) >= 11 is 5.25. The lowest BCUT2D eigenvalue weighted by Crippen LogP contribution is -2.43. The number of nitrogens with two attached hydrogens (primary N) is 1. The van der Waals surface area contributed by atoms with E-state index in [1.807, 2.05) is 17.0 Å². The minimum absolute atomic E-state index is 0.115. The van der Waals surface area contributed by atoms with Crippen molar-refractivity contribution in [3.8, 4) is 0 Å². The van der Waals surface area contributed by atoms with E-state index in [-0.39, 0.29) is 11.9 Å². The molecular formula is C12H15BrN2OS. The monoisotopic (exact) mass is 314 g/mol. The summed E-state index contributed by atoms with van der Waals surface area (Å²) in [7, 11) is 0. The molecule has 0 radical (unpaired) electrons. The minimum Gasteiger partial charge on any atom is -0.330 e. The summed E-state index contributed by atoms with van der Waals surface area (Å²) in [6, 6.07) is 6.26. The molecule has 0 fully saturated rings. The molecule has 17 heavy (non-hydrogen) atoms. The average molecular weight is 315 g/mol. The van der Waals surface area contributed by atoms with Crippen molar-refractivity contribution >= 4 is 39.3 Å². The van der Waals surface area contributed by atoms with Gasteiger partial charge in [0.1, 0.15) is 0 Å². The van der Waals surface area contributed by atoms with E-state index in [1.54, 1.807) is 11.8 Å². The summed E-state index contributed by atoms with van der Waals surface area (Å²) in [6.07, 6.45) is 0.407. The number of hydrogen-bond donors (Lipinski definition) is 1. The van der Waals surface area contributed by atoms with Gasteiger partial charge in [0.05, 0.1) is 5.69 Å². The Balaban J connectivity index is 2.36. The number of carbonyl (C=O) groups excluding carboxylic acids is 1. The van der Waals surface area contributed by atoms with Crippen LogP contribution in [0.5, 0.6) is 0 Å². The minimum atomic E-state index is 0.115. The zero-order valence-corrected chi connectivity index (χ0v) is 12.1. The third-order valence-corrected chi connectivity index (χ3v) is 4.51. The Morgan fingerprint density at radius 1 is 1.65 bits per heavy atom. The van der Waals surface area contributed by atoms with Crippen molar-refractivity contribution in [2.45, 2.75) is 24.3 Å². The van der Waals surface area contributed by atoms with Gasteiger partial charge in [0.15, 0.2) is 0 Å². The zero-order chi connectivity index (χ0) is 12.4. The molecule has 1 aromatic carbocycles. The SMILES string of the molecule is CC1CSc2cc(Br)ccc2N1C(=O)CCN. The average Bonchev–Trinajstić information content (AvgIpc) is 2.29. The summed E-state index contributed by atoms with van der Waals surface area (Å²) < 4.78 is 1.05. The summed E-state index contributed by atoms with van der Waals surface area (Å²) in [5, 5.41) is 0. The van der Waals surface area contributed by atoms with Crippen molar-refractivity contribution in [1.82, 2.24) is 0 Å². The smallest absolute Gasteiger partial charge is 0.228 e. The lowest BCUT2D eigenvalue weighted by molar-refractivity contribution is -0.118. The predicted molar refractivity (Wildman–Crippen MR) is 75.5 cm³/mol. The number of thioether (sulfide) groups is 1. The van der Waals surface area contributed by atoms with E-state index in [0.29, 0.717) is 13.0 Å². The molecule has 1 aliphatic rings. The van der Waals surface area contributed by atoms with E-state index in [1.165, 1.54) is 0 Å². The summed E-state index contributed by atoms with van der Waals surface area (Å²) in [6.45, 7) is 2.48. The van der Waals surface area contributed by atoms with Crippen molar-refractivity contribution < 1.29 is 4.79 Å². The molecule has 0 saturated heterocycles. The molecule has 92 valence electrons. The number of hydrogen-bond acceptors (Lipinski definition) is 3. The number of halogens is 1. The van der Waals surface area contributed by atoms with Gasteiger partial charge in [-0.25, -0.2) is 0 Å². The van der Waals surface area contributed by atoms with E-state index >= 15 is 0 Å². The van der Waals surface area contributed by atoms with Gasteiger partial charge in [0.2, 0.25) is 5.91 Å². The Hall–Kier alpha value is -0.520. The standard InChI is InChI=1S/C12H15BrN2OS/c1-8-7-17-11-6-9(13)2-3-10(11)15(8)12(16)4-5-14/h2-3,6,8H,4-5,7,14H2,1H3. The fraction of sp³-hybridized carbons (Fsp3) is 0.417. The number of rotatable bonds is 2. The van der Waals surface area contributed by atoms with Crippen molar-refractivity contribution in [2.75, 3.05) is 17.2 Å². The number of amides is 1. The molecule has 0 aromatic heterocycles. The molecule has 3 nitrogen and oxygen atoms in total. The lowest BCUT2D eigenvalue weighted by Gasteiger charge is -2.35. The van der Waals surface area contributed by atoms with E-state index in [9.17, 15) is 4.79 Å². The van der Waals surface area contributed by atoms with Crippen LogP contribution in [0.15, 0.2) is 27.6 Å². The first-order valence-electron chi connectivity index (χ1n) is 5.58. The highest BCUT2D eigenvalue weighted by Crippen LogP contribution is 2.39. The van der Waals surface area contributed by atoms with Crippen LogP contribution in [0.25, 0.3) is 0 Å². The fourth-order valence-corrected chi connectivity index (χ4v) is 3.56. The molecule has 0 spiro atoms. The Morgan fingerprint density at radius 2 is 2.41 bits per heavy atom. The van der Waals surface area contributed by atoms with Crippen LogP contribution in [0, 0.1) is 0 Å². The van der Waals surface area contributed by atoms with Crippen molar-refractivity contribution in [2.24, 2.45) is 5.73 Å². The van der Waals surface area contributed by atoms with Gasteiger partial charge in [-0.3, -0.25) is 4.79 Å². The number of fused-ring (bicyclic) bond motifs is 1. The van der Waals surface area contributed by atoms with Gasteiger partial charge < -0.3 is 10.6 Å². The first-order valence-corrected chi connectivity index (χ1v) is 7.36. The second-order valence-corrected chi connectivity index (χ2v) is 6.05. The first kappa shape index (κ1) is 12.9. The van der Waals surface area contributed by atoms with Gasteiger partial charge in [-0.1, -0.05) is 15.9 Å². The zero-order valence-electron chi connectivity index (χ0n) is 9.65. The van der Waals surface area contributed by atoms with Crippen LogP contribution in [0.4, 0.5) is 5.69 Å². The van der Waals surface area contributed by atoms with Gasteiger partial charge in [-0.2, -0.15) is 0 Å². The topological polar surface area (TPSA) is 46.3 Å². The van der Waals surface area contributed by atoms with E-state index < -0.39 is 0 Å². The van der Waals surface area contributed by atoms with Gasteiger partial charge >= 0.3 is 0 Å². The Bertz CT molecular complexity index is 439. The molecule has 2 rings (SSSR count). The maximum Gasteiger partial charge on any atom is 0.228 e. The maximum absolute atomic E-state index is 12.1. The number of anilines is 1. The lowest BCUT2D eigenvalue weighted by atomic mass is 10.2. The van der Waals surface area contributed by atoms with Crippen molar-refractivity contribution in [1.29, 1.82) is 0 Å². The maximum atomic E-state index is 12.1. The third-order valence-electron chi connectivity index (χ3n) is 2.73. The van der Waals surface area contributed by atoms with Crippen LogP contribution < -0.4 is 10.6 Å². The highest BCUT2D eigenvalue weighted by atomic mass is 79.9.